The Hall–Kier alpha value is -3.51. The molecule has 2 aromatic rings. The van der Waals surface area contributed by atoms with Crippen LogP contribution in [0.2, 0.25) is 0 Å². The van der Waals surface area contributed by atoms with E-state index < -0.39 is 57.8 Å². The third-order valence-corrected chi connectivity index (χ3v) is 6.65. The summed E-state index contributed by atoms with van der Waals surface area (Å²) in [6, 6.07) is -0.000260. The molecule has 2 heterocycles. The maximum absolute atomic E-state index is 14.1. The molecule has 36 heavy (non-hydrogen) atoms. The van der Waals surface area contributed by atoms with Gasteiger partial charge in [0.2, 0.25) is 11.7 Å². The molecular formula is C23H24F5N5O3. The second kappa shape index (κ2) is 9.51. The number of rotatable bonds is 6. The molecule has 1 saturated carbocycles. The fourth-order valence-electron chi connectivity index (χ4n) is 4.73. The zero-order valence-electron chi connectivity index (χ0n) is 19.6. The Morgan fingerprint density at radius 1 is 1.06 bits per heavy atom. The van der Waals surface area contributed by atoms with Gasteiger partial charge < -0.3 is 20.1 Å². The summed E-state index contributed by atoms with van der Waals surface area (Å²) < 4.78 is 69.8. The van der Waals surface area contributed by atoms with E-state index in [0.29, 0.717) is 6.42 Å². The van der Waals surface area contributed by atoms with E-state index in [1.807, 2.05) is 0 Å². The first kappa shape index (κ1) is 25.6. The minimum atomic E-state index is -2.37. The Morgan fingerprint density at radius 3 is 2.22 bits per heavy atom. The number of fused-ring (bicyclic) bond motifs is 1. The summed E-state index contributed by atoms with van der Waals surface area (Å²) in [6.45, 7) is 3.50. The van der Waals surface area contributed by atoms with Gasteiger partial charge >= 0.3 is 0 Å². The maximum atomic E-state index is 14.1. The van der Waals surface area contributed by atoms with Crippen LogP contribution in [0, 0.1) is 29.1 Å². The second-order valence-electron chi connectivity index (χ2n) is 9.15. The van der Waals surface area contributed by atoms with Crippen LogP contribution in [0.3, 0.4) is 0 Å². The van der Waals surface area contributed by atoms with Crippen LogP contribution in [-0.2, 0) is 11.3 Å². The van der Waals surface area contributed by atoms with E-state index in [2.05, 4.69) is 10.3 Å². The van der Waals surface area contributed by atoms with Crippen LogP contribution in [0.4, 0.5) is 27.6 Å². The van der Waals surface area contributed by atoms with Crippen LogP contribution in [-0.4, -0.2) is 50.3 Å². The van der Waals surface area contributed by atoms with Gasteiger partial charge in [-0.2, -0.15) is 0 Å². The summed E-state index contributed by atoms with van der Waals surface area (Å²) in [7, 11) is 0. The van der Waals surface area contributed by atoms with Gasteiger partial charge in [-0.15, -0.1) is 0 Å². The molecule has 0 unspecified atom stereocenters. The number of nitrogens with one attached hydrogen (secondary N) is 2. The van der Waals surface area contributed by atoms with Crippen LogP contribution in [0.15, 0.2) is 6.33 Å². The monoisotopic (exact) mass is 513 g/mol. The van der Waals surface area contributed by atoms with Gasteiger partial charge in [0.15, 0.2) is 29.0 Å². The second-order valence-corrected chi connectivity index (χ2v) is 9.15. The van der Waals surface area contributed by atoms with Crippen molar-refractivity contribution < 1.29 is 36.3 Å². The van der Waals surface area contributed by atoms with Gasteiger partial charge in [-0.1, -0.05) is 19.8 Å². The highest BCUT2D eigenvalue weighted by Gasteiger charge is 2.49. The standard InChI is InChI=1S/C23H24F5N5O3/c1-3-8-33-21(35)19-18(20(34)31-17-15(27)13(25)12(24)14(26)16(17)28)29-10-32(19)9-23(33,2)22(36)30-11-6-4-5-7-11/h10-11H,3-9H2,1-2H3,(H,30,36)(H,31,34)/t23-/m0/s1. The summed E-state index contributed by atoms with van der Waals surface area (Å²) in [5, 5.41) is 4.63. The molecule has 2 aliphatic rings. The van der Waals surface area contributed by atoms with Gasteiger partial charge in [-0.3, -0.25) is 14.4 Å². The molecule has 1 fully saturated rings. The average Bonchev–Trinajstić information content (AvgIpc) is 3.51. The zero-order valence-corrected chi connectivity index (χ0v) is 19.6. The number of benzene rings is 1. The quantitative estimate of drug-likeness (QED) is 0.351. The van der Waals surface area contributed by atoms with Crippen molar-refractivity contribution in [2.24, 2.45) is 0 Å². The fourth-order valence-corrected chi connectivity index (χ4v) is 4.73. The molecular weight excluding hydrogens is 489 g/mol. The normalized spacial score (nSPS) is 20.0. The summed E-state index contributed by atoms with van der Waals surface area (Å²) in [5.74, 6) is -13.7. The van der Waals surface area contributed by atoms with E-state index in [-0.39, 0.29) is 30.7 Å². The molecule has 4 rings (SSSR count). The third kappa shape index (κ3) is 4.09. The van der Waals surface area contributed by atoms with Gasteiger partial charge in [0.05, 0.1) is 12.9 Å². The number of carbonyl (C=O) groups is 3. The Balaban J connectivity index is 1.67. The predicted octanol–water partition coefficient (Wildman–Crippen LogP) is 3.51. The van der Waals surface area contributed by atoms with Crippen molar-refractivity contribution in [2.75, 3.05) is 11.9 Å². The average molecular weight is 513 g/mol. The van der Waals surface area contributed by atoms with Crippen molar-refractivity contribution in [1.82, 2.24) is 19.8 Å². The minimum Gasteiger partial charge on any atom is -0.351 e. The largest absolute Gasteiger partial charge is 0.351 e. The summed E-state index contributed by atoms with van der Waals surface area (Å²) in [4.78, 5) is 44.7. The number of amides is 3. The zero-order chi connectivity index (χ0) is 26.4. The fraction of sp³-hybridized carbons (Fsp3) is 0.478. The van der Waals surface area contributed by atoms with Crippen LogP contribution in [0.25, 0.3) is 0 Å². The van der Waals surface area contributed by atoms with E-state index in [1.54, 1.807) is 19.2 Å². The number of hydrogen-bond acceptors (Lipinski definition) is 4. The minimum absolute atomic E-state index is 0.000260. The molecule has 0 bridgehead atoms. The van der Waals surface area contributed by atoms with Crippen molar-refractivity contribution >= 4 is 23.4 Å². The number of nitrogens with zero attached hydrogens (tertiary/aromatic N) is 3. The Labute approximate surface area is 202 Å². The topological polar surface area (TPSA) is 96.3 Å². The van der Waals surface area contributed by atoms with Crippen LogP contribution in [0.1, 0.15) is 66.9 Å². The van der Waals surface area contributed by atoms with E-state index >= 15 is 0 Å². The number of anilines is 1. The molecule has 0 radical (unpaired) electrons. The van der Waals surface area contributed by atoms with E-state index in [0.717, 1.165) is 32.0 Å². The highest BCUT2D eigenvalue weighted by Crippen LogP contribution is 2.32. The van der Waals surface area contributed by atoms with Crippen molar-refractivity contribution in [2.45, 2.75) is 64.1 Å². The maximum Gasteiger partial charge on any atom is 0.276 e. The van der Waals surface area contributed by atoms with E-state index in [1.165, 1.54) is 9.47 Å². The van der Waals surface area contributed by atoms with Crippen LogP contribution in [0.5, 0.6) is 0 Å². The highest BCUT2D eigenvalue weighted by molar-refractivity contribution is 6.11. The lowest BCUT2D eigenvalue weighted by Gasteiger charge is -2.44. The predicted molar refractivity (Wildman–Crippen MR) is 117 cm³/mol. The first-order valence-corrected chi connectivity index (χ1v) is 11.5. The molecule has 1 aliphatic carbocycles. The van der Waals surface area contributed by atoms with E-state index in [9.17, 15) is 36.3 Å². The lowest BCUT2D eigenvalue weighted by atomic mass is 9.93. The SMILES string of the molecule is CCCN1C(=O)c2c(C(=O)Nc3c(F)c(F)c(F)c(F)c3F)ncn2C[C@@]1(C)C(=O)NC1CCCC1. The highest BCUT2D eigenvalue weighted by atomic mass is 19.2. The van der Waals surface area contributed by atoms with Crippen molar-refractivity contribution in [1.29, 1.82) is 0 Å². The Kier molecular flexibility index (Phi) is 6.76. The third-order valence-electron chi connectivity index (χ3n) is 6.65. The lowest BCUT2D eigenvalue weighted by molar-refractivity contribution is -0.133. The van der Waals surface area contributed by atoms with Gasteiger partial charge in [0.25, 0.3) is 11.8 Å². The lowest BCUT2D eigenvalue weighted by Crippen LogP contribution is -2.65. The first-order chi connectivity index (χ1) is 17.0. The molecule has 3 amide bonds. The first-order valence-electron chi connectivity index (χ1n) is 11.5. The van der Waals surface area contributed by atoms with Gasteiger partial charge in [0.1, 0.15) is 16.9 Å². The Bertz CT molecular complexity index is 1210. The van der Waals surface area contributed by atoms with Crippen molar-refractivity contribution in [3.63, 3.8) is 0 Å². The molecule has 1 aliphatic heterocycles. The summed E-state index contributed by atoms with van der Waals surface area (Å²) in [5.41, 5.74) is -3.72. The van der Waals surface area contributed by atoms with Crippen molar-refractivity contribution in [3.05, 3.63) is 46.8 Å². The van der Waals surface area contributed by atoms with Crippen LogP contribution < -0.4 is 10.6 Å². The van der Waals surface area contributed by atoms with Gasteiger partial charge in [-0.25, -0.2) is 26.9 Å². The summed E-state index contributed by atoms with van der Waals surface area (Å²) in [6.07, 6.45) is 5.26. The van der Waals surface area contributed by atoms with Gasteiger partial charge in [0, 0.05) is 12.6 Å². The molecule has 2 N–H and O–H groups in total. The molecule has 1 aromatic heterocycles. The molecule has 0 spiro atoms. The molecule has 13 heteroatoms. The van der Waals surface area contributed by atoms with Crippen molar-refractivity contribution in [3.8, 4) is 0 Å². The number of halogens is 5. The molecule has 1 aromatic carbocycles. The molecule has 0 saturated heterocycles. The molecule has 194 valence electrons. The number of carbonyl (C=O) groups excluding carboxylic acids is 3. The molecule has 1 atom stereocenters. The molecule has 8 nitrogen and oxygen atoms in total. The van der Waals surface area contributed by atoms with Crippen LogP contribution >= 0.6 is 0 Å². The summed E-state index contributed by atoms with van der Waals surface area (Å²) >= 11 is 0. The number of aromatic nitrogens is 2. The van der Waals surface area contributed by atoms with E-state index in [4.69, 9.17) is 0 Å². The number of imidazole rings is 1. The smallest absolute Gasteiger partial charge is 0.276 e. The number of hydrogen-bond donors (Lipinski definition) is 2. The van der Waals surface area contributed by atoms with Gasteiger partial charge in [-0.05, 0) is 26.2 Å². The Morgan fingerprint density at radius 2 is 1.64 bits per heavy atom.